The van der Waals surface area contributed by atoms with Gasteiger partial charge >= 0.3 is 0 Å². The summed E-state index contributed by atoms with van der Waals surface area (Å²) in [6, 6.07) is 17.5. The van der Waals surface area contributed by atoms with Crippen molar-refractivity contribution in [3.05, 3.63) is 92.4 Å². The third-order valence-electron chi connectivity index (χ3n) is 7.41. The van der Waals surface area contributed by atoms with E-state index in [1.165, 1.54) is 17.0 Å². The summed E-state index contributed by atoms with van der Waals surface area (Å²) in [5, 5.41) is 3.80. The van der Waals surface area contributed by atoms with Crippen molar-refractivity contribution in [3.63, 3.8) is 0 Å². The molecule has 1 atom stereocenters. The highest BCUT2D eigenvalue weighted by atomic mass is 79.9. The number of nitrogens with zero attached hydrogens (tertiary/aromatic N) is 2. The van der Waals surface area contributed by atoms with E-state index in [2.05, 4.69) is 21.2 Å². The first-order chi connectivity index (χ1) is 20.0. The zero-order chi connectivity index (χ0) is 30.4. The Kier molecular flexibility index (Phi) is 11.0. The van der Waals surface area contributed by atoms with E-state index in [9.17, 15) is 18.0 Å². The van der Waals surface area contributed by atoms with Crippen LogP contribution < -0.4 is 9.62 Å². The fraction of sp³-hybridized carbons (Fsp3) is 0.355. The second-order valence-corrected chi connectivity index (χ2v) is 14.1. The largest absolute Gasteiger partial charge is 0.352 e. The predicted octanol–water partition coefficient (Wildman–Crippen LogP) is 7.13. The first-order valence-corrected chi connectivity index (χ1v) is 16.9. The van der Waals surface area contributed by atoms with E-state index >= 15 is 0 Å². The first kappa shape index (κ1) is 32.3. The van der Waals surface area contributed by atoms with Crippen molar-refractivity contribution in [2.75, 3.05) is 10.8 Å². The van der Waals surface area contributed by atoms with Crippen molar-refractivity contribution in [1.82, 2.24) is 10.2 Å². The van der Waals surface area contributed by atoms with E-state index in [1.807, 2.05) is 13.8 Å². The number of anilines is 1. The fourth-order valence-corrected chi connectivity index (χ4v) is 7.23. The summed E-state index contributed by atoms with van der Waals surface area (Å²) >= 11 is 15.8. The Morgan fingerprint density at radius 1 is 1.00 bits per heavy atom. The summed E-state index contributed by atoms with van der Waals surface area (Å²) in [7, 11) is -4.15. The van der Waals surface area contributed by atoms with E-state index in [0.29, 0.717) is 32.2 Å². The predicted molar refractivity (Wildman–Crippen MR) is 171 cm³/mol. The van der Waals surface area contributed by atoms with Crippen LogP contribution in [0.3, 0.4) is 0 Å². The molecule has 0 saturated heterocycles. The molecule has 0 heterocycles. The summed E-state index contributed by atoms with van der Waals surface area (Å²) in [5.41, 5.74) is 1.89. The molecule has 42 heavy (non-hydrogen) atoms. The van der Waals surface area contributed by atoms with Gasteiger partial charge in [-0.15, -0.1) is 0 Å². The van der Waals surface area contributed by atoms with Gasteiger partial charge in [-0.3, -0.25) is 13.9 Å². The van der Waals surface area contributed by atoms with Crippen molar-refractivity contribution in [2.45, 2.75) is 69.5 Å². The zero-order valence-corrected chi connectivity index (χ0v) is 27.4. The van der Waals surface area contributed by atoms with Crippen molar-refractivity contribution < 1.29 is 18.0 Å². The summed E-state index contributed by atoms with van der Waals surface area (Å²) in [6.07, 6.45) is 4.23. The van der Waals surface area contributed by atoms with Gasteiger partial charge in [0.05, 0.1) is 20.6 Å². The molecule has 0 aromatic heterocycles. The van der Waals surface area contributed by atoms with Gasteiger partial charge in [-0.1, -0.05) is 88.7 Å². The van der Waals surface area contributed by atoms with Crippen molar-refractivity contribution in [2.24, 2.45) is 0 Å². The van der Waals surface area contributed by atoms with E-state index in [0.717, 1.165) is 35.6 Å². The fourth-order valence-electron chi connectivity index (χ4n) is 5.12. The molecule has 0 bridgehead atoms. The van der Waals surface area contributed by atoms with Crippen molar-refractivity contribution in [1.29, 1.82) is 0 Å². The van der Waals surface area contributed by atoms with Crippen LogP contribution in [0.1, 0.15) is 50.2 Å². The van der Waals surface area contributed by atoms with E-state index in [4.69, 9.17) is 23.2 Å². The number of amides is 2. The van der Waals surface area contributed by atoms with Gasteiger partial charge in [0.1, 0.15) is 12.6 Å². The minimum Gasteiger partial charge on any atom is -0.352 e. The summed E-state index contributed by atoms with van der Waals surface area (Å²) in [4.78, 5) is 29.3. The summed E-state index contributed by atoms with van der Waals surface area (Å²) in [6.45, 7) is 3.24. The van der Waals surface area contributed by atoms with Crippen LogP contribution in [-0.4, -0.2) is 43.8 Å². The number of carbonyl (C=O) groups is 2. The number of benzene rings is 3. The smallest absolute Gasteiger partial charge is 0.264 e. The third kappa shape index (κ3) is 7.86. The van der Waals surface area contributed by atoms with Crippen molar-refractivity contribution in [3.8, 4) is 0 Å². The molecule has 1 N–H and O–H groups in total. The zero-order valence-electron chi connectivity index (χ0n) is 23.5. The quantitative estimate of drug-likeness (QED) is 0.232. The van der Waals surface area contributed by atoms with E-state index in [1.54, 1.807) is 54.6 Å². The monoisotopic (exact) mass is 693 g/mol. The van der Waals surface area contributed by atoms with Gasteiger partial charge in [-0.05, 0) is 74.2 Å². The topological polar surface area (TPSA) is 86.8 Å². The molecule has 4 rings (SSSR count). The standard InChI is InChI=1S/C31H34BrCl2N3O4S/c1-3-29(31(39)35-24-8-4-5-9-24)36(19-22-13-16-27(33)28(34)17-22)30(38)20-37(25-10-6-7-23(32)18-25)42(40,41)26-14-11-21(2)12-15-26/h6-7,10-18,24,29H,3-5,8-9,19-20H2,1-2H3,(H,35,39)/t29-/m1/s1. The number of sulfonamides is 1. The van der Waals surface area contributed by atoms with Gasteiger partial charge in [0.25, 0.3) is 10.0 Å². The van der Waals surface area contributed by atoms with Crippen LogP contribution in [0.25, 0.3) is 0 Å². The molecular weight excluding hydrogens is 661 g/mol. The van der Waals surface area contributed by atoms with Gasteiger partial charge in [-0.2, -0.15) is 0 Å². The lowest BCUT2D eigenvalue weighted by Gasteiger charge is -2.34. The van der Waals surface area contributed by atoms with Gasteiger partial charge in [0.2, 0.25) is 11.8 Å². The summed E-state index contributed by atoms with van der Waals surface area (Å²) < 4.78 is 29.7. The second kappa shape index (κ2) is 14.3. The molecule has 2 amide bonds. The number of hydrogen-bond acceptors (Lipinski definition) is 4. The number of halogens is 3. The molecule has 7 nitrogen and oxygen atoms in total. The van der Waals surface area contributed by atoms with Crippen LogP contribution in [0.5, 0.6) is 0 Å². The molecule has 1 fully saturated rings. The third-order valence-corrected chi connectivity index (χ3v) is 10.4. The Morgan fingerprint density at radius 2 is 1.69 bits per heavy atom. The highest BCUT2D eigenvalue weighted by molar-refractivity contribution is 9.10. The number of carbonyl (C=O) groups excluding carboxylic acids is 2. The lowest BCUT2D eigenvalue weighted by Crippen LogP contribution is -2.53. The van der Waals surface area contributed by atoms with E-state index < -0.39 is 28.5 Å². The highest BCUT2D eigenvalue weighted by Gasteiger charge is 2.34. The van der Waals surface area contributed by atoms with Gasteiger partial charge in [0.15, 0.2) is 0 Å². The maximum absolute atomic E-state index is 14.2. The maximum Gasteiger partial charge on any atom is 0.264 e. The average molecular weight is 696 g/mol. The number of aryl methyl sites for hydroxylation is 1. The minimum absolute atomic E-state index is 0.0449. The number of rotatable bonds is 11. The summed E-state index contributed by atoms with van der Waals surface area (Å²) in [5.74, 6) is -0.779. The van der Waals surface area contributed by atoms with E-state index in [-0.39, 0.29) is 23.4 Å². The van der Waals surface area contributed by atoms with Crippen LogP contribution in [-0.2, 0) is 26.2 Å². The van der Waals surface area contributed by atoms with Gasteiger partial charge in [0, 0.05) is 17.1 Å². The SMILES string of the molecule is CC[C@H](C(=O)NC1CCCC1)N(Cc1ccc(Cl)c(Cl)c1)C(=O)CN(c1cccc(Br)c1)S(=O)(=O)c1ccc(C)cc1. The first-order valence-electron chi connectivity index (χ1n) is 13.9. The highest BCUT2D eigenvalue weighted by Crippen LogP contribution is 2.28. The molecule has 0 unspecified atom stereocenters. The van der Waals surface area contributed by atoms with Crippen LogP contribution in [0.4, 0.5) is 5.69 Å². The molecule has 11 heteroatoms. The maximum atomic E-state index is 14.2. The lowest BCUT2D eigenvalue weighted by molar-refractivity contribution is -0.140. The van der Waals surface area contributed by atoms with Crippen LogP contribution in [0.2, 0.25) is 10.0 Å². The molecule has 1 aliphatic carbocycles. The van der Waals surface area contributed by atoms with Crippen LogP contribution in [0.15, 0.2) is 76.1 Å². The molecular formula is C31H34BrCl2N3O4S. The molecule has 0 spiro atoms. The molecule has 224 valence electrons. The molecule has 0 aliphatic heterocycles. The molecule has 3 aromatic rings. The molecule has 1 aliphatic rings. The normalized spacial score (nSPS) is 14.4. The number of nitrogens with one attached hydrogen (secondary N) is 1. The van der Waals surface area contributed by atoms with Crippen LogP contribution >= 0.6 is 39.1 Å². The second-order valence-electron chi connectivity index (χ2n) is 10.5. The van der Waals surface area contributed by atoms with Gasteiger partial charge < -0.3 is 10.2 Å². The Labute approximate surface area is 266 Å². The Bertz CT molecular complexity index is 1530. The Hall–Kier alpha value is -2.59. The Morgan fingerprint density at radius 3 is 2.31 bits per heavy atom. The lowest BCUT2D eigenvalue weighted by atomic mass is 10.1. The molecule has 1 saturated carbocycles. The molecule has 0 radical (unpaired) electrons. The number of hydrogen-bond donors (Lipinski definition) is 1. The molecule has 3 aromatic carbocycles. The van der Waals surface area contributed by atoms with Gasteiger partial charge in [-0.25, -0.2) is 8.42 Å². The average Bonchev–Trinajstić information content (AvgIpc) is 3.46. The van der Waals surface area contributed by atoms with Crippen molar-refractivity contribution >= 4 is 66.7 Å². The van der Waals surface area contributed by atoms with Crippen LogP contribution in [0, 0.1) is 6.92 Å². The minimum atomic E-state index is -4.15. The Balaban J connectivity index is 1.73.